The van der Waals surface area contributed by atoms with E-state index < -0.39 is 23.6 Å². The average Bonchev–Trinajstić information content (AvgIpc) is 2.93. The topological polar surface area (TPSA) is 84.2 Å². The average molecular weight is 333 g/mol. The Kier molecular flexibility index (Phi) is 5.68. The number of carbonyl (C=O) groups is 2. The molecule has 7 heteroatoms. The Morgan fingerprint density at radius 3 is 2.71 bits per heavy atom. The molecule has 0 saturated carbocycles. The zero-order chi connectivity index (χ0) is 17.7. The molecule has 0 aliphatic heterocycles. The van der Waals surface area contributed by atoms with Crippen molar-refractivity contribution in [3.8, 4) is 5.69 Å². The predicted octanol–water partition coefficient (Wildman–Crippen LogP) is 2.55. The normalized spacial score (nSPS) is 12.0. The first-order chi connectivity index (χ1) is 11.5. The first kappa shape index (κ1) is 17.7. The monoisotopic (exact) mass is 333 g/mol. The number of hydrogen-bond acceptors (Lipinski definition) is 3. The van der Waals surface area contributed by atoms with Crippen molar-refractivity contribution in [2.75, 3.05) is 6.54 Å². The van der Waals surface area contributed by atoms with Gasteiger partial charge in [0, 0.05) is 6.54 Å². The molecule has 0 fully saturated rings. The number of hydrogen-bond donors (Lipinski definition) is 2. The molecule has 6 nitrogen and oxygen atoms in total. The third-order valence-corrected chi connectivity index (χ3v) is 3.83. The van der Waals surface area contributed by atoms with Crippen molar-refractivity contribution in [2.45, 2.75) is 26.7 Å². The fourth-order valence-electron chi connectivity index (χ4n) is 2.47. The van der Waals surface area contributed by atoms with Crippen LogP contribution in [0.1, 0.15) is 35.8 Å². The Labute approximate surface area is 139 Å². The van der Waals surface area contributed by atoms with Crippen molar-refractivity contribution in [3.63, 3.8) is 0 Å². The molecule has 1 unspecified atom stereocenters. The van der Waals surface area contributed by atoms with Crippen LogP contribution in [-0.2, 0) is 4.79 Å². The second-order valence-electron chi connectivity index (χ2n) is 5.54. The van der Waals surface area contributed by atoms with Crippen LogP contribution in [0.4, 0.5) is 4.39 Å². The first-order valence-corrected chi connectivity index (χ1v) is 7.76. The zero-order valence-corrected chi connectivity index (χ0v) is 13.6. The van der Waals surface area contributed by atoms with Crippen molar-refractivity contribution in [2.24, 2.45) is 5.92 Å². The highest BCUT2D eigenvalue weighted by Crippen LogP contribution is 2.17. The van der Waals surface area contributed by atoms with Crippen molar-refractivity contribution in [1.29, 1.82) is 0 Å². The fourth-order valence-corrected chi connectivity index (χ4v) is 2.47. The maximum Gasteiger partial charge on any atom is 0.308 e. The van der Waals surface area contributed by atoms with E-state index in [1.807, 2.05) is 6.92 Å². The molecular weight excluding hydrogens is 313 g/mol. The number of nitrogens with zero attached hydrogens (tertiary/aromatic N) is 2. The molecule has 0 aliphatic rings. The summed E-state index contributed by atoms with van der Waals surface area (Å²) in [6.45, 7) is 3.60. The van der Waals surface area contributed by atoms with Crippen LogP contribution in [0.25, 0.3) is 5.69 Å². The van der Waals surface area contributed by atoms with Crippen LogP contribution < -0.4 is 5.32 Å². The summed E-state index contributed by atoms with van der Waals surface area (Å²) in [6, 6.07) is 6.14. The molecule has 0 radical (unpaired) electrons. The van der Waals surface area contributed by atoms with Gasteiger partial charge in [0.2, 0.25) is 0 Å². The smallest absolute Gasteiger partial charge is 0.308 e. The number of nitrogens with one attached hydrogen (secondary N) is 1. The molecule has 1 amide bonds. The molecule has 1 aromatic heterocycles. The molecule has 1 aromatic carbocycles. The van der Waals surface area contributed by atoms with Crippen LogP contribution in [0.5, 0.6) is 0 Å². The van der Waals surface area contributed by atoms with Crippen LogP contribution in [0.15, 0.2) is 30.5 Å². The number of carboxylic acid groups (broad SMARTS) is 1. The van der Waals surface area contributed by atoms with Crippen LogP contribution in [-0.4, -0.2) is 33.3 Å². The van der Waals surface area contributed by atoms with Gasteiger partial charge in [-0.15, -0.1) is 0 Å². The molecule has 2 aromatic rings. The van der Waals surface area contributed by atoms with E-state index in [2.05, 4.69) is 10.4 Å². The molecule has 0 spiro atoms. The van der Waals surface area contributed by atoms with E-state index in [4.69, 9.17) is 5.11 Å². The van der Waals surface area contributed by atoms with E-state index in [0.29, 0.717) is 17.7 Å². The first-order valence-electron chi connectivity index (χ1n) is 7.76. The summed E-state index contributed by atoms with van der Waals surface area (Å²) >= 11 is 0. The summed E-state index contributed by atoms with van der Waals surface area (Å²) in [7, 11) is 0. The van der Waals surface area contributed by atoms with E-state index in [0.717, 1.165) is 6.42 Å². The number of aromatic nitrogens is 2. The molecular formula is C17H20FN3O3. The van der Waals surface area contributed by atoms with Gasteiger partial charge >= 0.3 is 5.97 Å². The van der Waals surface area contributed by atoms with Crippen LogP contribution in [0, 0.1) is 18.7 Å². The lowest BCUT2D eigenvalue weighted by Gasteiger charge is -2.12. The minimum absolute atomic E-state index is 0.0479. The number of amides is 1. The van der Waals surface area contributed by atoms with E-state index >= 15 is 0 Å². The van der Waals surface area contributed by atoms with E-state index in [1.54, 1.807) is 25.1 Å². The molecule has 1 atom stereocenters. The Morgan fingerprint density at radius 2 is 2.08 bits per heavy atom. The van der Waals surface area contributed by atoms with Gasteiger partial charge in [0.15, 0.2) is 0 Å². The van der Waals surface area contributed by atoms with Crippen molar-refractivity contribution in [1.82, 2.24) is 15.1 Å². The van der Waals surface area contributed by atoms with Gasteiger partial charge in [-0.05, 0) is 25.5 Å². The number of carbonyl (C=O) groups excluding carboxylic acids is 1. The molecule has 0 aliphatic carbocycles. The summed E-state index contributed by atoms with van der Waals surface area (Å²) < 4.78 is 15.2. The predicted molar refractivity (Wildman–Crippen MR) is 86.6 cm³/mol. The number of rotatable bonds is 7. The molecule has 2 rings (SSSR count). The van der Waals surface area contributed by atoms with Crippen molar-refractivity contribution >= 4 is 11.9 Å². The Hall–Kier alpha value is -2.70. The minimum atomic E-state index is -0.934. The second-order valence-corrected chi connectivity index (χ2v) is 5.54. The van der Waals surface area contributed by atoms with Gasteiger partial charge < -0.3 is 10.4 Å². The highest BCUT2D eigenvalue weighted by molar-refractivity contribution is 5.95. The van der Waals surface area contributed by atoms with Gasteiger partial charge in [0.1, 0.15) is 11.5 Å². The zero-order valence-electron chi connectivity index (χ0n) is 13.6. The molecule has 0 bridgehead atoms. The van der Waals surface area contributed by atoms with E-state index in [9.17, 15) is 14.0 Å². The number of aliphatic carboxylic acids is 1. The number of benzene rings is 1. The Balaban J connectivity index is 2.14. The summed E-state index contributed by atoms with van der Waals surface area (Å²) in [4.78, 5) is 23.4. The summed E-state index contributed by atoms with van der Waals surface area (Å²) in [6.07, 6.45) is 2.56. The van der Waals surface area contributed by atoms with Crippen LogP contribution >= 0.6 is 0 Å². The van der Waals surface area contributed by atoms with E-state index in [-0.39, 0.29) is 12.2 Å². The number of para-hydroxylation sites is 1. The molecule has 0 saturated heterocycles. The quantitative estimate of drug-likeness (QED) is 0.815. The molecule has 128 valence electrons. The maximum atomic E-state index is 13.9. The minimum Gasteiger partial charge on any atom is -0.481 e. The lowest BCUT2D eigenvalue weighted by atomic mass is 10.0. The standard InChI is InChI=1S/C17H20FN3O3/c1-3-6-12(17(23)24)9-19-16(22)13-10-20-21(11(13)2)15-8-5-4-7-14(15)18/h4-5,7-8,10,12H,3,6,9H2,1-2H3,(H,19,22)(H,23,24). The molecule has 1 heterocycles. The summed E-state index contributed by atoms with van der Waals surface area (Å²) in [5, 5.41) is 15.8. The van der Waals surface area contributed by atoms with Gasteiger partial charge in [0.25, 0.3) is 5.91 Å². The van der Waals surface area contributed by atoms with Gasteiger partial charge in [0.05, 0.1) is 23.4 Å². The molecule has 24 heavy (non-hydrogen) atoms. The van der Waals surface area contributed by atoms with Crippen molar-refractivity contribution in [3.05, 3.63) is 47.5 Å². The van der Waals surface area contributed by atoms with E-state index in [1.165, 1.54) is 16.9 Å². The third-order valence-electron chi connectivity index (χ3n) is 3.83. The lowest BCUT2D eigenvalue weighted by Crippen LogP contribution is -2.33. The van der Waals surface area contributed by atoms with Crippen LogP contribution in [0.2, 0.25) is 0 Å². The van der Waals surface area contributed by atoms with Crippen molar-refractivity contribution < 1.29 is 19.1 Å². The second kappa shape index (κ2) is 7.72. The fraction of sp³-hybridized carbons (Fsp3) is 0.353. The summed E-state index contributed by atoms with van der Waals surface area (Å²) in [5.41, 5.74) is 1.03. The number of carboxylic acids is 1. The number of halogens is 1. The van der Waals surface area contributed by atoms with Gasteiger partial charge in [-0.25, -0.2) is 9.07 Å². The van der Waals surface area contributed by atoms with Gasteiger partial charge in [-0.1, -0.05) is 25.5 Å². The maximum absolute atomic E-state index is 13.9. The van der Waals surface area contributed by atoms with Crippen LogP contribution in [0.3, 0.4) is 0 Å². The largest absolute Gasteiger partial charge is 0.481 e. The lowest BCUT2D eigenvalue weighted by molar-refractivity contribution is -0.141. The van der Waals surface area contributed by atoms with Gasteiger partial charge in [-0.2, -0.15) is 5.10 Å². The molecule has 2 N–H and O–H groups in total. The highest BCUT2D eigenvalue weighted by Gasteiger charge is 2.20. The third kappa shape index (κ3) is 3.79. The Bertz CT molecular complexity index is 742. The SMILES string of the molecule is CCCC(CNC(=O)c1cnn(-c2ccccc2F)c1C)C(=O)O. The Morgan fingerprint density at radius 1 is 1.38 bits per heavy atom. The summed E-state index contributed by atoms with van der Waals surface area (Å²) in [5.74, 6) is -2.42. The van der Waals surface area contributed by atoms with Gasteiger partial charge in [-0.3, -0.25) is 9.59 Å². The highest BCUT2D eigenvalue weighted by atomic mass is 19.1.